The van der Waals surface area contributed by atoms with Gasteiger partial charge in [-0.2, -0.15) is 5.26 Å². The first-order valence-electron chi connectivity index (χ1n) is 8.54. The first kappa shape index (κ1) is 17.0. The maximum atomic E-state index is 8.90. The van der Waals surface area contributed by atoms with Gasteiger partial charge in [-0.15, -0.1) is 0 Å². The van der Waals surface area contributed by atoms with Crippen molar-refractivity contribution in [1.82, 2.24) is 9.55 Å². The fourth-order valence-corrected chi connectivity index (χ4v) is 2.84. The summed E-state index contributed by atoms with van der Waals surface area (Å²) in [7, 11) is 0. The summed E-state index contributed by atoms with van der Waals surface area (Å²) in [5.41, 5.74) is 4.64. The number of benzene rings is 2. The van der Waals surface area contributed by atoms with Gasteiger partial charge in [-0.1, -0.05) is 57.2 Å². The summed E-state index contributed by atoms with van der Waals surface area (Å²) >= 11 is 0. The minimum Gasteiger partial charge on any atom is -0.330 e. The maximum Gasteiger partial charge on any atom is 0.113 e. The van der Waals surface area contributed by atoms with E-state index in [2.05, 4.69) is 60.7 Å². The highest BCUT2D eigenvalue weighted by molar-refractivity contribution is 5.32. The largest absolute Gasteiger partial charge is 0.330 e. The quantitative estimate of drug-likeness (QED) is 0.696. The summed E-state index contributed by atoms with van der Waals surface area (Å²) in [6.07, 6.45) is 4.67. The van der Waals surface area contributed by atoms with Crippen molar-refractivity contribution in [2.45, 2.75) is 39.2 Å². The van der Waals surface area contributed by atoms with Gasteiger partial charge in [0.2, 0.25) is 0 Å². The van der Waals surface area contributed by atoms with E-state index < -0.39 is 0 Å². The van der Waals surface area contributed by atoms with Crippen LogP contribution in [0, 0.1) is 11.3 Å². The molecule has 126 valence electrons. The van der Waals surface area contributed by atoms with Gasteiger partial charge in [0.05, 0.1) is 11.6 Å². The number of imidazole rings is 1. The molecule has 0 amide bonds. The Balaban J connectivity index is 1.74. The van der Waals surface area contributed by atoms with E-state index in [1.165, 1.54) is 16.7 Å². The van der Waals surface area contributed by atoms with Crippen LogP contribution in [0.3, 0.4) is 0 Å². The lowest BCUT2D eigenvalue weighted by Gasteiger charge is -2.19. The molecule has 0 saturated heterocycles. The van der Waals surface area contributed by atoms with Crippen LogP contribution >= 0.6 is 0 Å². The Morgan fingerprint density at radius 1 is 0.960 bits per heavy atom. The van der Waals surface area contributed by atoms with Crippen molar-refractivity contribution in [3.05, 3.63) is 89.0 Å². The average molecular weight is 329 g/mol. The number of rotatable bonds is 4. The third kappa shape index (κ3) is 4.16. The maximum absolute atomic E-state index is 8.90. The van der Waals surface area contributed by atoms with Crippen LogP contribution in [0.1, 0.15) is 48.8 Å². The van der Waals surface area contributed by atoms with Gasteiger partial charge in [0.15, 0.2) is 0 Å². The van der Waals surface area contributed by atoms with Crippen molar-refractivity contribution in [3.63, 3.8) is 0 Å². The molecule has 25 heavy (non-hydrogen) atoms. The highest BCUT2D eigenvalue weighted by atomic mass is 15.1. The monoisotopic (exact) mass is 329 g/mol. The van der Waals surface area contributed by atoms with Crippen LogP contribution in [-0.4, -0.2) is 9.55 Å². The molecule has 0 spiro atoms. The third-order valence-corrected chi connectivity index (χ3v) is 4.42. The zero-order chi connectivity index (χ0) is 17.9. The molecule has 0 fully saturated rings. The predicted octanol–water partition coefficient (Wildman–Crippen LogP) is 4.69. The van der Waals surface area contributed by atoms with Gasteiger partial charge in [-0.25, -0.2) is 4.98 Å². The molecule has 3 aromatic rings. The van der Waals surface area contributed by atoms with Crippen LogP contribution in [0.2, 0.25) is 0 Å². The molecule has 1 aromatic heterocycles. The summed E-state index contributed by atoms with van der Waals surface area (Å²) in [6.45, 7) is 7.45. The lowest BCUT2D eigenvalue weighted by Crippen LogP contribution is -2.11. The second-order valence-electron chi connectivity index (χ2n) is 7.40. The van der Waals surface area contributed by atoms with E-state index >= 15 is 0 Å². The van der Waals surface area contributed by atoms with Crippen LogP contribution in [0.15, 0.2) is 60.9 Å². The number of nitrogens with zero attached hydrogens (tertiary/aromatic N) is 3. The van der Waals surface area contributed by atoms with E-state index in [9.17, 15) is 0 Å². The van der Waals surface area contributed by atoms with Crippen molar-refractivity contribution < 1.29 is 0 Å². The molecule has 3 rings (SSSR count). The van der Waals surface area contributed by atoms with E-state index in [-0.39, 0.29) is 5.41 Å². The SMILES string of the molecule is CC(C)(C)c1ccc(Cc2nccn2Cc2ccc(C#N)cc2)cc1. The first-order valence-corrected chi connectivity index (χ1v) is 8.54. The smallest absolute Gasteiger partial charge is 0.113 e. The second kappa shape index (κ2) is 6.94. The van der Waals surface area contributed by atoms with Crippen LogP contribution in [0.4, 0.5) is 0 Å². The molecule has 3 heteroatoms. The van der Waals surface area contributed by atoms with Crippen molar-refractivity contribution in [3.8, 4) is 6.07 Å². The second-order valence-corrected chi connectivity index (χ2v) is 7.40. The standard InChI is InChI=1S/C22H23N3/c1-22(2,3)20-10-8-17(9-11-20)14-21-24-12-13-25(21)16-19-6-4-18(15-23)5-7-19/h4-13H,14,16H2,1-3H3. The molecular weight excluding hydrogens is 306 g/mol. The van der Waals surface area contributed by atoms with Gasteiger partial charge in [-0.05, 0) is 34.2 Å². The lowest BCUT2D eigenvalue weighted by molar-refractivity contribution is 0.590. The summed E-state index contributed by atoms with van der Waals surface area (Å²) in [5.74, 6) is 1.05. The Labute approximate surface area is 149 Å². The Bertz CT molecular complexity index is 873. The molecule has 0 atom stereocenters. The zero-order valence-corrected chi connectivity index (χ0v) is 15.0. The lowest BCUT2D eigenvalue weighted by atomic mass is 9.86. The van der Waals surface area contributed by atoms with Crippen molar-refractivity contribution in [1.29, 1.82) is 5.26 Å². The normalized spacial score (nSPS) is 11.3. The van der Waals surface area contributed by atoms with Crippen molar-refractivity contribution in [2.24, 2.45) is 0 Å². The Hall–Kier alpha value is -2.86. The topological polar surface area (TPSA) is 41.6 Å². The van der Waals surface area contributed by atoms with Gasteiger partial charge in [0, 0.05) is 25.4 Å². The van der Waals surface area contributed by atoms with Gasteiger partial charge in [-0.3, -0.25) is 0 Å². The number of hydrogen-bond acceptors (Lipinski definition) is 2. The summed E-state index contributed by atoms with van der Waals surface area (Å²) in [5, 5.41) is 8.90. The van der Waals surface area contributed by atoms with Crippen LogP contribution in [-0.2, 0) is 18.4 Å². The number of nitriles is 1. The van der Waals surface area contributed by atoms with Crippen molar-refractivity contribution >= 4 is 0 Å². The molecule has 0 radical (unpaired) electrons. The molecule has 0 bridgehead atoms. The molecule has 0 aliphatic heterocycles. The highest BCUT2D eigenvalue weighted by Crippen LogP contribution is 2.22. The van der Waals surface area contributed by atoms with Gasteiger partial charge >= 0.3 is 0 Å². The van der Waals surface area contributed by atoms with E-state index in [1.807, 2.05) is 36.7 Å². The van der Waals surface area contributed by atoms with E-state index in [1.54, 1.807) is 0 Å². The molecule has 1 heterocycles. The van der Waals surface area contributed by atoms with E-state index in [0.717, 1.165) is 18.8 Å². The summed E-state index contributed by atoms with van der Waals surface area (Å²) < 4.78 is 2.17. The highest BCUT2D eigenvalue weighted by Gasteiger charge is 2.13. The molecule has 0 unspecified atom stereocenters. The van der Waals surface area contributed by atoms with Gasteiger partial charge in [0.25, 0.3) is 0 Å². The Kier molecular flexibility index (Phi) is 4.72. The Morgan fingerprint density at radius 2 is 1.60 bits per heavy atom. The van der Waals surface area contributed by atoms with Gasteiger partial charge in [0.1, 0.15) is 5.82 Å². The van der Waals surface area contributed by atoms with Crippen LogP contribution in [0.25, 0.3) is 0 Å². The number of aromatic nitrogens is 2. The van der Waals surface area contributed by atoms with Crippen LogP contribution in [0.5, 0.6) is 0 Å². The Morgan fingerprint density at radius 3 is 2.20 bits per heavy atom. The first-order chi connectivity index (χ1) is 12.0. The van der Waals surface area contributed by atoms with Crippen LogP contribution < -0.4 is 0 Å². The fourth-order valence-electron chi connectivity index (χ4n) is 2.84. The zero-order valence-electron chi connectivity index (χ0n) is 15.0. The minimum absolute atomic E-state index is 0.173. The molecule has 0 aliphatic carbocycles. The molecule has 0 saturated carbocycles. The molecule has 0 N–H and O–H groups in total. The van der Waals surface area contributed by atoms with Gasteiger partial charge < -0.3 is 4.57 Å². The van der Waals surface area contributed by atoms with E-state index in [0.29, 0.717) is 5.56 Å². The predicted molar refractivity (Wildman–Crippen MR) is 100 cm³/mol. The summed E-state index contributed by atoms with van der Waals surface area (Å²) in [4.78, 5) is 4.52. The molecule has 0 aliphatic rings. The fraction of sp³-hybridized carbons (Fsp3) is 0.273. The van der Waals surface area contributed by atoms with Crippen molar-refractivity contribution in [2.75, 3.05) is 0 Å². The summed E-state index contributed by atoms with van der Waals surface area (Å²) in [6, 6.07) is 18.7. The van der Waals surface area contributed by atoms with E-state index in [4.69, 9.17) is 5.26 Å². The minimum atomic E-state index is 0.173. The number of hydrogen-bond donors (Lipinski definition) is 0. The molecule has 2 aromatic carbocycles. The third-order valence-electron chi connectivity index (χ3n) is 4.42. The molecule has 3 nitrogen and oxygen atoms in total. The average Bonchev–Trinajstić information content (AvgIpc) is 3.02. The molecular formula is C22H23N3.